The van der Waals surface area contributed by atoms with Crippen LogP contribution in [0, 0.1) is 32.6 Å². The minimum atomic E-state index is -0.144. The van der Waals surface area contributed by atoms with E-state index in [0.717, 1.165) is 33.3 Å². The zero-order valence-corrected chi connectivity index (χ0v) is 40.0. The van der Waals surface area contributed by atoms with Crippen LogP contribution in [0.15, 0.2) is 128 Å². The van der Waals surface area contributed by atoms with Crippen LogP contribution in [0.1, 0.15) is 90.1 Å². The minimum Gasteiger partial charge on any atom is -0.509 e. The van der Waals surface area contributed by atoms with Gasteiger partial charge in [0.15, 0.2) is 12.4 Å². The summed E-state index contributed by atoms with van der Waals surface area (Å²) < 4.78 is 10.2. The fraction of sp³-hybridized carbons (Fsp3) is 0.250. The maximum atomic E-state index is 6.90. The summed E-state index contributed by atoms with van der Waals surface area (Å²) in [7, 11) is 0. The van der Waals surface area contributed by atoms with Crippen molar-refractivity contribution in [3.63, 3.8) is 0 Å². The van der Waals surface area contributed by atoms with Crippen molar-refractivity contribution in [2.75, 3.05) is 0 Å². The monoisotopic (exact) mass is 994 g/mol. The van der Waals surface area contributed by atoms with Gasteiger partial charge in [-0.25, -0.2) is 9.58 Å². The average Bonchev–Trinajstić information content (AvgIpc) is 3.70. The number of quaternary nitrogens is 2. The summed E-state index contributed by atoms with van der Waals surface area (Å²) >= 11 is 0. The summed E-state index contributed by atoms with van der Waals surface area (Å²) in [6.45, 7) is 27.3. The first-order valence-corrected chi connectivity index (χ1v) is 21.6. The summed E-state index contributed by atoms with van der Waals surface area (Å²) in [6, 6.07) is 51.8. The Kier molecular flexibility index (Phi) is 9.73. The molecule has 6 heteroatoms. The molecule has 0 amide bonds. The molecule has 316 valence electrons. The quantitative estimate of drug-likeness (QED) is 0.0943. The van der Waals surface area contributed by atoms with Crippen molar-refractivity contribution < 1.29 is 25.8 Å². The maximum absolute atomic E-state index is 6.90. The maximum Gasteiger partial charge on any atom is 0.225 e. The van der Waals surface area contributed by atoms with Gasteiger partial charge >= 0.3 is 0 Å². The van der Waals surface area contributed by atoms with Gasteiger partial charge < -0.3 is 9.30 Å². The number of pyridine rings is 1. The molecule has 6 aromatic carbocycles. The molecule has 8 aromatic rings. The smallest absolute Gasteiger partial charge is 0.225 e. The van der Waals surface area contributed by atoms with Crippen LogP contribution in [0.3, 0.4) is 0 Å². The molecule has 2 atom stereocenters. The summed E-state index contributed by atoms with van der Waals surface area (Å²) in [5.41, 5.74) is 15.7. The first kappa shape index (κ1) is 42.0. The Balaban J connectivity index is 0.00000490. The molecule has 0 bridgehead atoms. The number of hydrogen-bond donors (Lipinski definition) is 0. The molecule has 1 saturated heterocycles. The van der Waals surface area contributed by atoms with Gasteiger partial charge in [-0.1, -0.05) is 128 Å². The molecule has 62 heavy (non-hydrogen) atoms. The molecule has 2 aliphatic heterocycles. The van der Waals surface area contributed by atoms with Crippen LogP contribution in [0.4, 0.5) is 22.7 Å². The summed E-state index contributed by atoms with van der Waals surface area (Å²) in [4.78, 5) is 4.89. The summed E-state index contributed by atoms with van der Waals surface area (Å²) in [5.74, 6) is 2.17. The second kappa shape index (κ2) is 14.4. The van der Waals surface area contributed by atoms with E-state index >= 15 is 0 Å². The molecule has 0 spiro atoms. The predicted octanol–water partition coefficient (Wildman–Crippen LogP) is 15.1. The van der Waals surface area contributed by atoms with Gasteiger partial charge in [0.1, 0.15) is 5.82 Å². The molecule has 1 fully saturated rings. The van der Waals surface area contributed by atoms with E-state index in [1.54, 1.807) is 0 Å². The Morgan fingerprint density at radius 1 is 0.581 bits per heavy atom. The third-order valence-corrected chi connectivity index (χ3v) is 13.0. The van der Waals surface area contributed by atoms with Gasteiger partial charge in [-0.15, -0.1) is 35.2 Å². The van der Waals surface area contributed by atoms with Gasteiger partial charge in [-0.2, -0.15) is 10.7 Å². The number of rotatable bonds is 6. The van der Waals surface area contributed by atoms with E-state index < -0.39 is 0 Å². The number of fused-ring (bicyclic) bond motifs is 7. The van der Waals surface area contributed by atoms with Crippen molar-refractivity contribution in [2.45, 2.75) is 92.4 Å². The molecule has 4 heterocycles. The molecule has 2 aromatic heterocycles. The third-order valence-electron chi connectivity index (χ3n) is 13.0. The second-order valence-corrected chi connectivity index (χ2v) is 20.3. The standard InChI is InChI=1S/C56H55N4O.Pt/c1-36-27-40(55(6,7)8)28-37(2)53(36)38-17-16-18-42(29-38)59-35-60(59,51-22-15-14-21-50(51)59)43-30-41(56(9,10)11)31-45(33-43)61-44-23-24-47-46-19-12-13-20-48(46)58(49(47)34-44)52-32-39(25-26-57-52)54(3,4)5;/h12-32,35H,1-11H3;/q-1;/t59?,60-;/m1./s1. The van der Waals surface area contributed by atoms with Crippen LogP contribution < -0.4 is 13.9 Å². The molecule has 1 unspecified atom stereocenters. The molecule has 10 rings (SSSR count). The Hall–Kier alpha value is -5.32. The molecule has 0 aliphatic carbocycles. The average molecular weight is 995 g/mol. The van der Waals surface area contributed by atoms with E-state index in [9.17, 15) is 0 Å². The van der Waals surface area contributed by atoms with E-state index in [0.29, 0.717) is 20.7 Å². The van der Waals surface area contributed by atoms with E-state index in [4.69, 9.17) is 9.72 Å². The number of aryl methyl sites for hydroxylation is 2. The third kappa shape index (κ3) is 6.42. The number of nitrogens with zero attached hydrogens (tertiary/aromatic N) is 4. The number of benzene rings is 6. The van der Waals surface area contributed by atoms with Gasteiger partial charge in [0.2, 0.25) is 11.4 Å². The number of aromatic nitrogens is 2. The van der Waals surface area contributed by atoms with Crippen molar-refractivity contribution in [2.24, 2.45) is 0 Å². The number of para-hydroxylation sites is 3. The first-order valence-electron chi connectivity index (χ1n) is 21.6. The molecule has 0 radical (unpaired) electrons. The summed E-state index contributed by atoms with van der Waals surface area (Å²) in [6.07, 6.45) is 1.91. The Bertz CT molecular complexity index is 3060. The zero-order chi connectivity index (χ0) is 42.9. The van der Waals surface area contributed by atoms with Crippen molar-refractivity contribution >= 4 is 44.6 Å². The van der Waals surface area contributed by atoms with Crippen LogP contribution in [0.2, 0.25) is 0 Å². The topological polar surface area (TPSA) is 27.1 Å². The Morgan fingerprint density at radius 3 is 1.92 bits per heavy atom. The van der Waals surface area contributed by atoms with E-state index in [2.05, 4.69) is 215 Å². The van der Waals surface area contributed by atoms with Crippen molar-refractivity contribution in [3.05, 3.63) is 174 Å². The van der Waals surface area contributed by atoms with Gasteiger partial charge in [0, 0.05) is 68.5 Å². The van der Waals surface area contributed by atoms with Crippen LogP contribution in [-0.4, -0.2) is 9.55 Å². The van der Waals surface area contributed by atoms with Crippen LogP contribution >= 0.6 is 0 Å². The molecule has 2 aliphatic rings. The van der Waals surface area contributed by atoms with E-state index in [-0.39, 0.29) is 37.3 Å². The van der Waals surface area contributed by atoms with Crippen LogP contribution in [-0.2, 0) is 37.3 Å². The van der Waals surface area contributed by atoms with Gasteiger partial charge in [-0.05, 0) is 87.1 Å². The number of hydrogen-bond acceptors (Lipinski definition) is 2. The van der Waals surface area contributed by atoms with Gasteiger partial charge in [-0.3, -0.25) is 0 Å². The summed E-state index contributed by atoms with van der Waals surface area (Å²) in [5, 5.41) is 2.26. The van der Waals surface area contributed by atoms with Crippen LogP contribution in [0.25, 0.3) is 38.8 Å². The molecule has 0 saturated carbocycles. The van der Waals surface area contributed by atoms with Crippen molar-refractivity contribution in [1.82, 2.24) is 18.7 Å². The van der Waals surface area contributed by atoms with Crippen LogP contribution in [0.5, 0.6) is 11.5 Å². The molecule has 0 N–H and O–H groups in total. The molecule has 5 nitrogen and oxygen atoms in total. The van der Waals surface area contributed by atoms with E-state index in [1.807, 2.05) is 12.3 Å². The fourth-order valence-corrected chi connectivity index (χ4v) is 9.65. The SMILES string of the molecule is Cc1cc(C(C)(C)C)cc(C)c1-c1cccc([N+]23[CH-][N@@+]2(c2[c-]c(Oc4[c-]c5c(cc4)c4ccccc4n5-c4cc(C(C)(C)C)ccn4)cc(C(C)(C)C)c2)c2ccccc23)c1.[Pt]. The predicted molar refractivity (Wildman–Crippen MR) is 254 cm³/mol. The van der Waals surface area contributed by atoms with Crippen molar-refractivity contribution in [3.8, 4) is 28.4 Å². The zero-order valence-electron chi connectivity index (χ0n) is 37.7. The Morgan fingerprint density at radius 2 is 1.23 bits per heavy atom. The largest absolute Gasteiger partial charge is 0.509 e. The second-order valence-electron chi connectivity index (χ2n) is 20.3. The Labute approximate surface area is 382 Å². The fourth-order valence-electron chi connectivity index (χ4n) is 9.65. The van der Waals surface area contributed by atoms with Gasteiger partial charge in [0.05, 0.1) is 5.69 Å². The van der Waals surface area contributed by atoms with Crippen molar-refractivity contribution in [1.29, 1.82) is 0 Å². The molecular formula is C56H55N4OPt-. The van der Waals surface area contributed by atoms with E-state index in [1.165, 1.54) is 56.0 Å². The first-order chi connectivity index (χ1) is 28.9. The van der Waals surface area contributed by atoms with Gasteiger partial charge in [0.25, 0.3) is 0 Å². The normalized spacial score (nSPS) is 18.2. The molecular weight excluding hydrogens is 940 g/mol. The number of ether oxygens (including phenoxy) is 1. The minimum absolute atomic E-state index is 0.